The summed E-state index contributed by atoms with van der Waals surface area (Å²) in [6, 6.07) is -0.208. The minimum atomic E-state index is -0.260. The van der Waals surface area contributed by atoms with Crippen LogP contribution in [0.5, 0.6) is 0 Å². The zero-order chi connectivity index (χ0) is 12.8. The van der Waals surface area contributed by atoms with Crippen LogP contribution in [0.25, 0.3) is 0 Å². The lowest BCUT2D eigenvalue weighted by molar-refractivity contribution is -0.120. The van der Waals surface area contributed by atoms with E-state index in [0.29, 0.717) is 0 Å². The molecule has 0 saturated carbocycles. The van der Waals surface area contributed by atoms with Crippen LogP contribution in [0.15, 0.2) is 0 Å². The van der Waals surface area contributed by atoms with Crippen LogP contribution < -0.4 is 11.1 Å². The van der Waals surface area contributed by atoms with Gasteiger partial charge in [0, 0.05) is 12.1 Å². The van der Waals surface area contributed by atoms with E-state index in [4.69, 9.17) is 5.73 Å². The summed E-state index contributed by atoms with van der Waals surface area (Å²) in [5.74, 6) is -0.260. The first-order valence-electron chi connectivity index (χ1n) is 6.09. The first-order valence-corrected chi connectivity index (χ1v) is 6.09. The maximum Gasteiger partial charge on any atom is 0.234 e. The topological polar surface area (TPSA) is 58.4 Å². The molecule has 1 amide bonds. The highest BCUT2D eigenvalue weighted by molar-refractivity contribution is 5.79. The second kappa shape index (κ2) is 6.86. The van der Waals surface area contributed by atoms with Gasteiger partial charge in [-0.15, -0.1) is 0 Å². The summed E-state index contributed by atoms with van der Waals surface area (Å²) in [6.07, 6.45) is 1.86. The first-order chi connectivity index (χ1) is 7.35. The number of hydrogen-bond donors (Lipinski definition) is 2. The Morgan fingerprint density at radius 3 is 2.38 bits per heavy atom. The Morgan fingerprint density at radius 1 is 1.44 bits per heavy atom. The normalized spacial score (nSPS) is 14.1. The molecule has 16 heavy (non-hydrogen) atoms. The van der Waals surface area contributed by atoms with E-state index in [1.807, 2.05) is 6.92 Å². The van der Waals surface area contributed by atoms with Gasteiger partial charge in [0.2, 0.25) is 5.91 Å². The summed E-state index contributed by atoms with van der Waals surface area (Å²) in [4.78, 5) is 13.4. The van der Waals surface area contributed by atoms with Crippen molar-refractivity contribution in [2.45, 2.75) is 52.1 Å². The molecular weight excluding hydrogens is 202 g/mol. The SMILES string of the molecule is CCNC(CCN(C)C(C)(C)CC)C(N)=O. The number of likely N-dealkylation sites (N-methyl/N-ethyl adjacent to an activating group) is 1. The fourth-order valence-electron chi connectivity index (χ4n) is 1.49. The van der Waals surface area contributed by atoms with E-state index in [1.165, 1.54) is 0 Å². The van der Waals surface area contributed by atoms with Crippen molar-refractivity contribution >= 4 is 5.91 Å². The third kappa shape index (κ3) is 4.94. The molecule has 0 radical (unpaired) electrons. The summed E-state index contributed by atoms with van der Waals surface area (Å²) in [6.45, 7) is 10.2. The van der Waals surface area contributed by atoms with Gasteiger partial charge >= 0.3 is 0 Å². The van der Waals surface area contributed by atoms with E-state index in [2.05, 4.69) is 38.0 Å². The summed E-state index contributed by atoms with van der Waals surface area (Å²) < 4.78 is 0. The Morgan fingerprint density at radius 2 is 2.00 bits per heavy atom. The second-order valence-corrected chi connectivity index (χ2v) is 4.89. The summed E-state index contributed by atoms with van der Waals surface area (Å²) in [5.41, 5.74) is 5.51. The van der Waals surface area contributed by atoms with Crippen LogP contribution in [0.4, 0.5) is 0 Å². The van der Waals surface area contributed by atoms with Gasteiger partial charge in [-0.05, 0) is 40.3 Å². The largest absolute Gasteiger partial charge is 0.368 e. The van der Waals surface area contributed by atoms with Crippen LogP contribution >= 0.6 is 0 Å². The number of nitrogens with one attached hydrogen (secondary N) is 1. The number of rotatable bonds is 8. The molecule has 3 N–H and O–H groups in total. The quantitative estimate of drug-likeness (QED) is 0.652. The van der Waals surface area contributed by atoms with Crippen molar-refractivity contribution in [3.63, 3.8) is 0 Å². The Bertz CT molecular complexity index is 216. The molecule has 0 aromatic heterocycles. The molecule has 0 rings (SSSR count). The molecule has 4 heteroatoms. The molecule has 1 unspecified atom stereocenters. The van der Waals surface area contributed by atoms with E-state index < -0.39 is 0 Å². The Hall–Kier alpha value is -0.610. The molecule has 96 valence electrons. The van der Waals surface area contributed by atoms with Crippen LogP contribution in [0, 0.1) is 0 Å². The number of nitrogens with zero attached hydrogens (tertiary/aromatic N) is 1. The Labute approximate surface area is 99.6 Å². The van der Waals surface area contributed by atoms with Gasteiger partial charge in [0.05, 0.1) is 6.04 Å². The minimum Gasteiger partial charge on any atom is -0.368 e. The highest BCUT2D eigenvalue weighted by atomic mass is 16.1. The van der Waals surface area contributed by atoms with Crippen molar-refractivity contribution in [2.24, 2.45) is 5.73 Å². The standard InChI is InChI=1S/C12H27N3O/c1-6-12(3,4)15(5)9-8-10(11(13)16)14-7-2/h10,14H,6-9H2,1-5H3,(H2,13,16). The zero-order valence-electron chi connectivity index (χ0n) is 11.3. The average molecular weight is 229 g/mol. The smallest absolute Gasteiger partial charge is 0.234 e. The molecule has 1 atom stereocenters. The number of amides is 1. The van der Waals surface area contributed by atoms with Gasteiger partial charge in [-0.1, -0.05) is 13.8 Å². The second-order valence-electron chi connectivity index (χ2n) is 4.89. The monoisotopic (exact) mass is 229 g/mol. The lowest BCUT2D eigenvalue weighted by atomic mass is 9.99. The van der Waals surface area contributed by atoms with Crippen LogP contribution in [-0.4, -0.2) is 42.5 Å². The average Bonchev–Trinajstić information content (AvgIpc) is 2.23. The van der Waals surface area contributed by atoms with Crippen LogP contribution in [-0.2, 0) is 4.79 Å². The van der Waals surface area contributed by atoms with Gasteiger partial charge in [0.1, 0.15) is 0 Å². The van der Waals surface area contributed by atoms with E-state index in [0.717, 1.165) is 25.9 Å². The molecule has 0 bridgehead atoms. The predicted octanol–water partition coefficient (Wildman–Crippen LogP) is 0.960. The van der Waals surface area contributed by atoms with Gasteiger partial charge < -0.3 is 16.0 Å². The molecule has 0 heterocycles. The molecule has 0 spiro atoms. The predicted molar refractivity (Wildman–Crippen MR) is 68.3 cm³/mol. The minimum absolute atomic E-state index is 0.175. The first kappa shape index (κ1) is 15.4. The van der Waals surface area contributed by atoms with E-state index >= 15 is 0 Å². The zero-order valence-corrected chi connectivity index (χ0v) is 11.3. The van der Waals surface area contributed by atoms with E-state index in [-0.39, 0.29) is 17.5 Å². The van der Waals surface area contributed by atoms with Gasteiger partial charge in [0.15, 0.2) is 0 Å². The number of primary amides is 1. The van der Waals surface area contributed by atoms with Crippen LogP contribution in [0.2, 0.25) is 0 Å². The van der Waals surface area contributed by atoms with Crippen molar-refractivity contribution in [1.82, 2.24) is 10.2 Å². The summed E-state index contributed by atoms with van der Waals surface area (Å²) in [5, 5.41) is 3.11. The summed E-state index contributed by atoms with van der Waals surface area (Å²) >= 11 is 0. The van der Waals surface area contributed by atoms with Gasteiger partial charge in [-0.2, -0.15) is 0 Å². The van der Waals surface area contributed by atoms with Crippen molar-refractivity contribution < 1.29 is 4.79 Å². The van der Waals surface area contributed by atoms with Gasteiger partial charge in [-0.25, -0.2) is 0 Å². The number of hydrogen-bond acceptors (Lipinski definition) is 3. The third-order valence-corrected chi connectivity index (χ3v) is 3.45. The Kier molecular flexibility index (Phi) is 6.60. The summed E-state index contributed by atoms with van der Waals surface area (Å²) in [7, 11) is 2.09. The molecule has 0 aromatic rings. The highest BCUT2D eigenvalue weighted by Gasteiger charge is 2.22. The van der Waals surface area contributed by atoms with Crippen LogP contribution in [0.3, 0.4) is 0 Å². The maximum absolute atomic E-state index is 11.2. The number of carbonyl (C=O) groups excluding carboxylic acids is 1. The molecule has 0 fully saturated rings. The molecule has 4 nitrogen and oxygen atoms in total. The molecule has 0 aliphatic rings. The van der Waals surface area contributed by atoms with Crippen molar-refractivity contribution in [3.05, 3.63) is 0 Å². The van der Waals surface area contributed by atoms with E-state index in [1.54, 1.807) is 0 Å². The fraction of sp³-hybridized carbons (Fsp3) is 0.917. The lowest BCUT2D eigenvalue weighted by Crippen LogP contribution is -2.46. The molecule has 0 aliphatic carbocycles. The third-order valence-electron chi connectivity index (χ3n) is 3.45. The fourth-order valence-corrected chi connectivity index (χ4v) is 1.49. The van der Waals surface area contributed by atoms with Crippen LogP contribution in [0.1, 0.15) is 40.5 Å². The maximum atomic E-state index is 11.2. The lowest BCUT2D eigenvalue weighted by Gasteiger charge is -2.35. The molecule has 0 saturated heterocycles. The molecule has 0 aliphatic heterocycles. The van der Waals surface area contributed by atoms with Gasteiger partial charge in [-0.3, -0.25) is 4.79 Å². The molecule has 0 aromatic carbocycles. The highest BCUT2D eigenvalue weighted by Crippen LogP contribution is 2.16. The molecular formula is C12H27N3O. The van der Waals surface area contributed by atoms with Crippen molar-refractivity contribution in [2.75, 3.05) is 20.1 Å². The number of carbonyl (C=O) groups is 1. The Balaban J connectivity index is 4.15. The van der Waals surface area contributed by atoms with Crippen molar-refractivity contribution in [3.8, 4) is 0 Å². The van der Waals surface area contributed by atoms with Crippen molar-refractivity contribution in [1.29, 1.82) is 0 Å². The van der Waals surface area contributed by atoms with Gasteiger partial charge in [0.25, 0.3) is 0 Å². The van der Waals surface area contributed by atoms with E-state index in [9.17, 15) is 4.79 Å². The number of nitrogens with two attached hydrogens (primary N) is 1.